The minimum Gasteiger partial charge on any atom is -0.392 e. The molecule has 1 fully saturated rings. The van der Waals surface area contributed by atoms with E-state index in [0.717, 1.165) is 12.1 Å². The zero-order valence-electron chi connectivity index (χ0n) is 8.76. The highest BCUT2D eigenvalue weighted by Gasteiger charge is 2.33. The molecule has 2 rings (SSSR count). The van der Waals surface area contributed by atoms with Gasteiger partial charge < -0.3 is 10.4 Å². The molecular weight excluding hydrogens is 238 g/mol. The number of halogens is 4. The van der Waals surface area contributed by atoms with Crippen molar-refractivity contribution in [3.8, 4) is 0 Å². The molecule has 2 atom stereocenters. The number of aliphatic hydroxyl groups is 1. The predicted octanol–water partition coefficient (Wildman–Crippen LogP) is 2.24. The van der Waals surface area contributed by atoms with Gasteiger partial charge in [0.1, 0.15) is 5.82 Å². The number of benzene rings is 1. The van der Waals surface area contributed by atoms with Gasteiger partial charge in [-0.15, -0.1) is 0 Å². The van der Waals surface area contributed by atoms with Gasteiger partial charge in [-0.05, 0) is 30.2 Å². The second-order valence-corrected chi connectivity index (χ2v) is 4.12. The van der Waals surface area contributed by atoms with E-state index in [-0.39, 0.29) is 5.56 Å². The molecule has 0 radical (unpaired) electrons. The molecule has 94 valence electrons. The van der Waals surface area contributed by atoms with Crippen LogP contribution in [0.1, 0.15) is 23.6 Å². The van der Waals surface area contributed by atoms with E-state index < -0.39 is 29.7 Å². The smallest absolute Gasteiger partial charge is 0.392 e. The highest BCUT2D eigenvalue weighted by Crippen LogP contribution is 2.33. The molecule has 0 bridgehead atoms. The number of rotatable bonds is 1. The molecule has 0 saturated carbocycles. The summed E-state index contributed by atoms with van der Waals surface area (Å²) < 4.78 is 50.5. The van der Waals surface area contributed by atoms with Crippen LogP contribution in [-0.2, 0) is 6.18 Å². The van der Waals surface area contributed by atoms with Crippen LogP contribution in [0.4, 0.5) is 17.6 Å². The molecule has 6 heteroatoms. The van der Waals surface area contributed by atoms with Gasteiger partial charge in [0.25, 0.3) is 0 Å². The number of alkyl halides is 3. The number of hydrogen-bond donors (Lipinski definition) is 2. The van der Waals surface area contributed by atoms with Crippen LogP contribution in [0.2, 0.25) is 0 Å². The Morgan fingerprint density at radius 2 is 1.94 bits per heavy atom. The molecule has 1 aliphatic heterocycles. The van der Waals surface area contributed by atoms with E-state index in [4.69, 9.17) is 0 Å². The van der Waals surface area contributed by atoms with Crippen LogP contribution in [0.3, 0.4) is 0 Å². The van der Waals surface area contributed by atoms with Crippen molar-refractivity contribution < 1.29 is 22.7 Å². The molecule has 0 aromatic heterocycles. The Kier molecular flexibility index (Phi) is 3.09. The summed E-state index contributed by atoms with van der Waals surface area (Å²) in [6, 6.07) is 2.01. The van der Waals surface area contributed by atoms with E-state index >= 15 is 0 Å². The van der Waals surface area contributed by atoms with Crippen LogP contribution in [-0.4, -0.2) is 17.8 Å². The highest BCUT2D eigenvalue weighted by atomic mass is 19.4. The largest absolute Gasteiger partial charge is 0.416 e. The summed E-state index contributed by atoms with van der Waals surface area (Å²) in [5.41, 5.74) is -0.787. The molecule has 1 heterocycles. The predicted molar refractivity (Wildman–Crippen MR) is 52.8 cm³/mol. The quantitative estimate of drug-likeness (QED) is 0.748. The average Bonchev–Trinajstić information content (AvgIpc) is 2.62. The number of aliphatic hydroxyl groups excluding tert-OH is 1. The molecule has 2 N–H and O–H groups in total. The van der Waals surface area contributed by atoms with Gasteiger partial charge in [0, 0.05) is 12.6 Å². The van der Waals surface area contributed by atoms with Crippen LogP contribution in [0.25, 0.3) is 0 Å². The maximum Gasteiger partial charge on any atom is 0.416 e. The van der Waals surface area contributed by atoms with Crippen molar-refractivity contribution in [1.29, 1.82) is 0 Å². The molecule has 0 spiro atoms. The fraction of sp³-hybridized carbons (Fsp3) is 0.455. The molecule has 1 aliphatic rings. The van der Waals surface area contributed by atoms with Crippen LogP contribution >= 0.6 is 0 Å². The lowest BCUT2D eigenvalue weighted by molar-refractivity contribution is -0.137. The Labute approximate surface area is 95.3 Å². The second kappa shape index (κ2) is 4.27. The molecule has 1 aromatic rings. The molecular formula is C11H11F4NO. The van der Waals surface area contributed by atoms with Gasteiger partial charge in [-0.25, -0.2) is 4.39 Å². The van der Waals surface area contributed by atoms with Crippen LogP contribution in [0.15, 0.2) is 18.2 Å². The standard InChI is InChI=1S/C11H11F4NO/c12-8-2-6(10-4-9(17)5-16-10)1-7(3-8)11(13,14)15/h1-3,9-10,16-17H,4-5H2. The molecule has 0 aliphatic carbocycles. The lowest BCUT2D eigenvalue weighted by Crippen LogP contribution is -2.16. The highest BCUT2D eigenvalue weighted by molar-refractivity contribution is 5.29. The summed E-state index contributed by atoms with van der Waals surface area (Å²) in [7, 11) is 0. The van der Waals surface area contributed by atoms with Gasteiger partial charge in [0.05, 0.1) is 11.7 Å². The van der Waals surface area contributed by atoms with Crippen molar-refractivity contribution in [3.63, 3.8) is 0 Å². The number of hydrogen-bond acceptors (Lipinski definition) is 2. The normalized spacial score (nSPS) is 25.2. The Bertz CT molecular complexity index is 418. The SMILES string of the molecule is OC1CNC(c2cc(F)cc(C(F)(F)F)c2)C1. The second-order valence-electron chi connectivity index (χ2n) is 4.12. The van der Waals surface area contributed by atoms with Crippen LogP contribution < -0.4 is 5.32 Å². The van der Waals surface area contributed by atoms with Crippen LogP contribution in [0.5, 0.6) is 0 Å². The maximum absolute atomic E-state index is 13.1. The van der Waals surface area contributed by atoms with Crippen molar-refractivity contribution in [2.24, 2.45) is 0 Å². The minimum atomic E-state index is -4.56. The van der Waals surface area contributed by atoms with Crippen molar-refractivity contribution >= 4 is 0 Å². The van der Waals surface area contributed by atoms with Crippen molar-refractivity contribution in [1.82, 2.24) is 5.32 Å². The van der Waals surface area contributed by atoms with Gasteiger partial charge >= 0.3 is 6.18 Å². The van der Waals surface area contributed by atoms with Gasteiger partial charge in [-0.3, -0.25) is 0 Å². The van der Waals surface area contributed by atoms with Crippen molar-refractivity contribution in [3.05, 3.63) is 35.1 Å². The first-order valence-electron chi connectivity index (χ1n) is 5.15. The first-order valence-corrected chi connectivity index (χ1v) is 5.15. The summed E-state index contributed by atoms with van der Waals surface area (Å²) in [6.07, 6.45) is -4.87. The Balaban J connectivity index is 2.32. The van der Waals surface area contributed by atoms with Crippen LogP contribution in [0, 0.1) is 5.82 Å². The number of β-amino-alcohol motifs (C(OH)–C–C–N with tert-alkyl or cyclic N) is 1. The zero-order chi connectivity index (χ0) is 12.6. The van der Waals surface area contributed by atoms with Crippen molar-refractivity contribution in [2.75, 3.05) is 6.54 Å². The molecule has 1 saturated heterocycles. The summed E-state index contributed by atoms with van der Waals surface area (Å²) in [6.45, 7) is 0.308. The molecule has 1 aromatic carbocycles. The van der Waals surface area contributed by atoms with Crippen molar-refractivity contribution in [2.45, 2.75) is 24.7 Å². The minimum absolute atomic E-state index is 0.217. The van der Waals surface area contributed by atoms with Gasteiger partial charge in [-0.1, -0.05) is 0 Å². The Hall–Kier alpha value is -1.14. The Morgan fingerprint density at radius 3 is 2.47 bits per heavy atom. The summed E-state index contributed by atoms with van der Waals surface area (Å²) in [5.74, 6) is -0.919. The first kappa shape index (κ1) is 12.3. The van der Waals surface area contributed by atoms with Gasteiger partial charge in [-0.2, -0.15) is 13.2 Å². The van der Waals surface area contributed by atoms with E-state index in [0.29, 0.717) is 19.0 Å². The van der Waals surface area contributed by atoms with Gasteiger partial charge in [0.2, 0.25) is 0 Å². The summed E-state index contributed by atoms with van der Waals surface area (Å²) >= 11 is 0. The Morgan fingerprint density at radius 1 is 1.24 bits per heavy atom. The third-order valence-corrected chi connectivity index (χ3v) is 2.76. The lowest BCUT2D eigenvalue weighted by Gasteiger charge is -2.14. The molecule has 2 unspecified atom stereocenters. The fourth-order valence-electron chi connectivity index (χ4n) is 1.95. The zero-order valence-corrected chi connectivity index (χ0v) is 8.76. The van der Waals surface area contributed by atoms with E-state index in [1.165, 1.54) is 0 Å². The molecule has 0 amide bonds. The van der Waals surface area contributed by atoms with E-state index in [1.807, 2.05) is 0 Å². The number of nitrogens with one attached hydrogen (secondary N) is 1. The first-order chi connectivity index (χ1) is 7.86. The average molecular weight is 249 g/mol. The third-order valence-electron chi connectivity index (χ3n) is 2.76. The molecule has 17 heavy (non-hydrogen) atoms. The van der Waals surface area contributed by atoms with E-state index in [2.05, 4.69) is 5.32 Å². The lowest BCUT2D eigenvalue weighted by atomic mass is 10.0. The summed E-state index contributed by atoms with van der Waals surface area (Å²) in [5, 5.41) is 12.1. The fourth-order valence-corrected chi connectivity index (χ4v) is 1.95. The molecule has 2 nitrogen and oxygen atoms in total. The van der Waals surface area contributed by atoms with Gasteiger partial charge in [0.15, 0.2) is 0 Å². The van der Waals surface area contributed by atoms with E-state index in [1.54, 1.807) is 0 Å². The monoisotopic (exact) mass is 249 g/mol. The maximum atomic E-state index is 13.1. The summed E-state index contributed by atoms with van der Waals surface area (Å²) in [4.78, 5) is 0. The topological polar surface area (TPSA) is 32.3 Å². The third kappa shape index (κ3) is 2.76. The van der Waals surface area contributed by atoms with E-state index in [9.17, 15) is 22.7 Å².